The molecule has 5 aromatic carbocycles. The van der Waals surface area contributed by atoms with Gasteiger partial charge in [0, 0.05) is 33.7 Å². The highest BCUT2D eigenvalue weighted by Crippen LogP contribution is 2.50. The van der Waals surface area contributed by atoms with Crippen LogP contribution in [-0.2, 0) is 4.57 Å². The van der Waals surface area contributed by atoms with E-state index in [2.05, 4.69) is 0 Å². The first-order chi connectivity index (χ1) is 23.3. The van der Waals surface area contributed by atoms with Crippen LogP contribution in [0.15, 0.2) is 158 Å². The van der Waals surface area contributed by atoms with Crippen molar-refractivity contribution in [3.05, 3.63) is 186 Å². The fourth-order valence-corrected chi connectivity index (χ4v) is 6.46. The Morgan fingerprint density at radius 1 is 0.479 bits per heavy atom. The predicted molar refractivity (Wildman–Crippen MR) is 184 cm³/mol. The number of phosphoric ester groups is 1. The molecule has 0 saturated carbocycles. The van der Waals surface area contributed by atoms with E-state index < -0.39 is 7.82 Å². The molecular formula is C40H31O7P. The van der Waals surface area contributed by atoms with Gasteiger partial charge in [-0.15, -0.1) is 0 Å². The van der Waals surface area contributed by atoms with Crippen molar-refractivity contribution >= 4 is 25.2 Å². The summed E-state index contributed by atoms with van der Waals surface area (Å²) in [6, 6.07) is 36.3. The van der Waals surface area contributed by atoms with Gasteiger partial charge < -0.3 is 13.6 Å². The molecule has 0 saturated heterocycles. The lowest BCUT2D eigenvalue weighted by Crippen LogP contribution is -2.20. The molecule has 0 spiro atoms. The lowest BCUT2D eigenvalue weighted by Gasteiger charge is -2.21. The number of hydrogen-bond donors (Lipinski definition) is 0. The average molecular weight is 655 g/mol. The summed E-state index contributed by atoms with van der Waals surface area (Å²) in [5.41, 5.74) is 2.38. The molecule has 48 heavy (non-hydrogen) atoms. The van der Waals surface area contributed by atoms with Gasteiger partial charge in [-0.3, -0.25) is 14.4 Å². The lowest BCUT2D eigenvalue weighted by molar-refractivity contribution is 0.0924. The second-order valence-electron chi connectivity index (χ2n) is 11.2. The second kappa shape index (κ2) is 14.3. The third-order valence-corrected chi connectivity index (χ3v) is 9.11. The normalized spacial score (nSPS) is 15.4. The van der Waals surface area contributed by atoms with E-state index in [1.165, 1.54) is 36.4 Å². The van der Waals surface area contributed by atoms with Gasteiger partial charge in [0.1, 0.15) is 17.2 Å². The number of carbonyl (C=O) groups excluding carboxylic acids is 3. The van der Waals surface area contributed by atoms with Crippen molar-refractivity contribution in [2.75, 3.05) is 0 Å². The first kappa shape index (κ1) is 32.2. The summed E-state index contributed by atoms with van der Waals surface area (Å²) in [5, 5.41) is 0. The number of phosphoric acid groups is 1. The highest BCUT2D eigenvalue weighted by molar-refractivity contribution is 7.49. The first-order valence-corrected chi connectivity index (χ1v) is 16.8. The van der Waals surface area contributed by atoms with Crippen LogP contribution in [0.2, 0.25) is 0 Å². The van der Waals surface area contributed by atoms with Crippen LogP contribution in [-0.4, -0.2) is 17.3 Å². The topological polar surface area (TPSA) is 96.0 Å². The zero-order valence-corrected chi connectivity index (χ0v) is 26.9. The summed E-state index contributed by atoms with van der Waals surface area (Å²) < 4.78 is 31.7. The van der Waals surface area contributed by atoms with Crippen molar-refractivity contribution in [3.8, 4) is 17.2 Å². The number of allylic oxidation sites excluding steroid dienone is 4. The number of hydrogen-bond acceptors (Lipinski definition) is 7. The van der Waals surface area contributed by atoms with Gasteiger partial charge in [0.2, 0.25) is 0 Å². The molecule has 0 fully saturated rings. The van der Waals surface area contributed by atoms with Crippen molar-refractivity contribution in [2.24, 2.45) is 11.8 Å². The molecular weight excluding hydrogens is 623 g/mol. The molecule has 6 rings (SSSR count). The Kier molecular flexibility index (Phi) is 9.60. The van der Waals surface area contributed by atoms with Crippen molar-refractivity contribution in [2.45, 2.75) is 6.92 Å². The maximum Gasteiger partial charge on any atom is 0.647 e. The number of carbonyl (C=O) groups is 3. The Bertz CT molecular complexity index is 1920. The molecule has 0 N–H and O–H groups in total. The molecule has 1 aliphatic rings. The second-order valence-corrected chi connectivity index (χ2v) is 12.6. The monoisotopic (exact) mass is 654 g/mol. The molecule has 1 aliphatic carbocycles. The van der Waals surface area contributed by atoms with Gasteiger partial charge in [0.15, 0.2) is 17.3 Å². The number of rotatable bonds is 12. The van der Waals surface area contributed by atoms with Crippen LogP contribution < -0.4 is 13.6 Å². The largest absolute Gasteiger partial charge is 0.647 e. The molecule has 0 aromatic heterocycles. The lowest BCUT2D eigenvalue weighted by atomic mass is 9.84. The number of Topliss-reactive ketones (excluding diaryl/α,β-unsaturated/α-hetero) is 1. The Morgan fingerprint density at radius 2 is 0.833 bits per heavy atom. The predicted octanol–water partition coefficient (Wildman–Crippen LogP) is 9.35. The van der Waals surface area contributed by atoms with E-state index in [1.807, 2.05) is 43.4 Å². The summed E-state index contributed by atoms with van der Waals surface area (Å²) in [6.07, 6.45) is 7.65. The van der Waals surface area contributed by atoms with Crippen molar-refractivity contribution in [3.63, 3.8) is 0 Å². The van der Waals surface area contributed by atoms with E-state index in [9.17, 15) is 18.9 Å². The minimum Gasteiger partial charge on any atom is -0.386 e. The molecule has 2 atom stereocenters. The van der Waals surface area contributed by atoms with Gasteiger partial charge in [-0.05, 0) is 78.7 Å². The minimum absolute atomic E-state index is 0.0411. The fourth-order valence-electron chi connectivity index (χ4n) is 5.21. The molecule has 238 valence electrons. The minimum atomic E-state index is -4.43. The Labute approximate surface area is 278 Å². The van der Waals surface area contributed by atoms with Crippen molar-refractivity contribution < 1.29 is 32.5 Å². The van der Waals surface area contributed by atoms with Crippen LogP contribution in [0.3, 0.4) is 0 Å². The van der Waals surface area contributed by atoms with E-state index in [0.717, 1.165) is 0 Å². The van der Waals surface area contributed by atoms with Gasteiger partial charge in [-0.1, -0.05) is 91.9 Å². The first-order valence-electron chi connectivity index (χ1n) is 15.4. The average Bonchev–Trinajstić information content (AvgIpc) is 3.12. The molecule has 8 heteroatoms. The summed E-state index contributed by atoms with van der Waals surface area (Å²) in [5.74, 6) is -0.196. The SMILES string of the molecule is CC1C=CC=CC1C(=O)c1ccc(OP(=O)(Oc2ccc(C(=O)c3ccccc3)cc2)Oc2ccc(C(=O)c3ccccc3)cc2)cc1. The van der Waals surface area contributed by atoms with E-state index in [1.54, 1.807) is 84.9 Å². The molecule has 0 amide bonds. The summed E-state index contributed by atoms with van der Waals surface area (Å²) in [6.45, 7) is 1.99. The maximum absolute atomic E-state index is 14.2. The van der Waals surface area contributed by atoms with Crippen LogP contribution in [0.4, 0.5) is 0 Å². The van der Waals surface area contributed by atoms with Crippen LogP contribution in [0.25, 0.3) is 0 Å². The highest BCUT2D eigenvalue weighted by Gasteiger charge is 2.34. The number of benzene rings is 5. The van der Waals surface area contributed by atoms with Gasteiger partial charge in [-0.25, -0.2) is 0 Å². The molecule has 0 heterocycles. The molecule has 0 aliphatic heterocycles. The zero-order chi connectivity index (χ0) is 33.5. The van der Waals surface area contributed by atoms with Crippen LogP contribution in [0.5, 0.6) is 17.2 Å². The van der Waals surface area contributed by atoms with Crippen LogP contribution in [0, 0.1) is 11.8 Å². The van der Waals surface area contributed by atoms with Gasteiger partial charge in [0.25, 0.3) is 0 Å². The smallest absolute Gasteiger partial charge is 0.386 e. The quantitative estimate of drug-likeness (QED) is 0.0977. The van der Waals surface area contributed by atoms with Crippen molar-refractivity contribution in [1.29, 1.82) is 0 Å². The molecule has 0 radical (unpaired) electrons. The molecule has 7 nitrogen and oxygen atoms in total. The van der Waals surface area contributed by atoms with Gasteiger partial charge >= 0.3 is 7.82 Å². The summed E-state index contributed by atoms with van der Waals surface area (Å²) >= 11 is 0. The maximum atomic E-state index is 14.2. The van der Waals surface area contributed by atoms with Crippen molar-refractivity contribution in [1.82, 2.24) is 0 Å². The van der Waals surface area contributed by atoms with E-state index in [-0.39, 0.29) is 46.4 Å². The van der Waals surface area contributed by atoms with E-state index in [0.29, 0.717) is 27.8 Å². The Morgan fingerprint density at radius 3 is 1.23 bits per heavy atom. The molecule has 5 aromatic rings. The third-order valence-electron chi connectivity index (χ3n) is 7.81. The summed E-state index contributed by atoms with van der Waals surface area (Å²) in [7, 11) is -4.43. The molecule has 2 unspecified atom stereocenters. The Balaban J connectivity index is 1.23. The van der Waals surface area contributed by atoms with Gasteiger partial charge in [-0.2, -0.15) is 4.57 Å². The standard InChI is InChI=1S/C40H31O7P/c1-28-10-8-9-15-37(28)40(43)33-20-26-36(27-21-33)47-48(44,45-34-22-16-31(17-23-34)38(41)29-11-4-2-5-12-29)46-35-24-18-32(19-25-35)39(42)30-13-6-3-7-14-30/h2-28,37H,1H3. The molecule has 0 bridgehead atoms. The fraction of sp³-hybridized carbons (Fsp3) is 0.0750. The van der Waals surface area contributed by atoms with E-state index in [4.69, 9.17) is 13.6 Å². The Hall–Kier alpha value is -5.78. The van der Waals surface area contributed by atoms with Crippen LogP contribution in [0.1, 0.15) is 49.1 Å². The van der Waals surface area contributed by atoms with Crippen LogP contribution >= 0.6 is 7.82 Å². The number of ketones is 3. The summed E-state index contributed by atoms with van der Waals surface area (Å²) in [4.78, 5) is 38.9. The highest BCUT2D eigenvalue weighted by atomic mass is 31.2. The zero-order valence-electron chi connectivity index (χ0n) is 26.0. The van der Waals surface area contributed by atoms with Gasteiger partial charge in [0.05, 0.1) is 0 Å². The third kappa shape index (κ3) is 7.60. The van der Waals surface area contributed by atoms with E-state index >= 15 is 0 Å².